The summed E-state index contributed by atoms with van der Waals surface area (Å²) in [7, 11) is 1.31. The van der Waals surface area contributed by atoms with Crippen molar-refractivity contribution in [1.29, 1.82) is 0 Å². The number of unbranched alkanes of at least 4 members (excludes halogenated alkanes) is 1. The van der Waals surface area contributed by atoms with E-state index in [-0.39, 0.29) is 25.5 Å². The van der Waals surface area contributed by atoms with E-state index in [9.17, 15) is 19.1 Å². The van der Waals surface area contributed by atoms with Crippen LogP contribution in [0.4, 0.5) is 4.39 Å². The number of aliphatic imine (C=N–C) groups is 1. The van der Waals surface area contributed by atoms with Gasteiger partial charge in [-0.3, -0.25) is 14.7 Å². The molecule has 2 N–H and O–H groups in total. The van der Waals surface area contributed by atoms with Crippen LogP contribution in [0.1, 0.15) is 45.5 Å². The molecule has 0 amide bonds. The normalized spacial score (nSPS) is 16.6. The number of rotatable bonds is 6. The zero-order valence-electron chi connectivity index (χ0n) is 23.1. The predicted molar refractivity (Wildman–Crippen MR) is 153 cm³/mol. The lowest BCUT2D eigenvalue weighted by molar-refractivity contribution is -0.149. The van der Waals surface area contributed by atoms with E-state index < -0.39 is 18.0 Å². The first-order chi connectivity index (χ1) is 18.8. The van der Waals surface area contributed by atoms with Gasteiger partial charge in [-0.05, 0) is 18.2 Å². The summed E-state index contributed by atoms with van der Waals surface area (Å²) in [6.45, 7) is 9.79. The van der Waals surface area contributed by atoms with Crippen molar-refractivity contribution in [2.24, 2.45) is 4.99 Å². The average Bonchev–Trinajstić information content (AvgIpc) is 3.49. The van der Waals surface area contributed by atoms with Gasteiger partial charge in [-0.15, -0.1) is 11.3 Å². The van der Waals surface area contributed by atoms with Crippen LogP contribution in [0.25, 0.3) is 0 Å². The van der Waals surface area contributed by atoms with Gasteiger partial charge in [-0.1, -0.05) is 58.2 Å². The molecule has 2 aromatic rings. The van der Waals surface area contributed by atoms with Gasteiger partial charge >= 0.3 is 11.9 Å². The number of morpholine rings is 1. The van der Waals surface area contributed by atoms with Crippen molar-refractivity contribution in [3.63, 3.8) is 0 Å². The summed E-state index contributed by atoms with van der Waals surface area (Å²) in [5.74, 6) is -1.16. The van der Waals surface area contributed by atoms with Crippen molar-refractivity contribution in [3.8, 4) is 0 Å². The summed E-state index contributed by atoms with van der Waals surface area (Å²) in [5, 5.41) is 15.5. The number of aliphatic carboxylic acids is 1. The number of carbonyl (C=O) groups is 2. The molecule has 1 atom stereocenters. The number of carbonyl (C=O) groups excluding carboxylic acids is 1. The number of nitrogens with zero attached hydrogens (tertiary/aromatic N) is 3. The molecule has 1 aromatic heterocycles. The molecule has 1 fully saturated rings. The molecule has 2 aliphatic rings. The van der Waals surface area contributed by atoms with E-state index in [0.29, 0.717) is 40.3 Å². The van der Waals surface area contributed by atoms with E-state index in [1.165, 1.54) is 43.4 Å². The maximum atomic E-state index is 12.1. The minimum absolute atomic E-state index is 0.115. The Labute approximate surface area is 238 Å². The van der Waals surface area contributed by atoms with Crippen molar-refractivity contribution < 1.29 is 28.6 Å². The number of carboxylic acids is 1. The predicted octanol–water partition coefficient (Wildman–Crippen LogP) is 5.02. The van der Waals surface area contributed by atoms with Crippen LogP contribution in [0.2, 0.25) is 5.02 Å². The first-order valence-corrected chi connectivity index (χ1v) is 14.0. The molecule has 0 radical (unpaired) electrons. The first kappa shape index (κ1) is 34.2. The molecular weight excluding hydrogens is 547 g/mol. The Balaban J connectivity index is 0.000000448. The fourth-order valence-electron chi connectivity index (χ4n) is 3.14. The van der Waals surface area contributed by atoms with E-state index >= 15 is 0 Å². The summed E-state index contributed by atoms with van der Waals surface area (Å²) >= 11 is 6.83. The number of hydrogen-bond acceptors (Lipinski definition) is 9. The highest BCUT2D eigenvalue weighted by Gasteiger charge is 2.32. The van der Waals surface area contributed by atoms with Crippen LogP contribution in [0.5, 0.6) is 0 Å². The highest BCUT2D eigenvalue weighted by molar-refractivity contribution is 7.11. The Kier molecular flexibility index (Phi) is 16.9. The summed E-state index contributed by atoms with van der Waals surface area (Å²) in [5.41, 5.74) is 0.971. The van der Waals surface area contributed by atoms with Crippen LogP contribution in [-0.4, -0.2) is 78.8 Å². The highest BCUT2D eigenvalue weighted by Crippen LogP contribution is 2.18. The van der Waals surface area contributed by atoms with Crippen LogP contribution in [0, 0.1) is 5.82 Å². The Morgan fingerprint density at radius 3 is 2.54 bits per heavy atom. The monoisotopic (exact) mass is 584 g/mol. The molecule has 3 heterocycles. The van der Waals surface area contributed by atoms with Crippen LogP contribution in [-0.2, 0) is 19.1 Å². The third-order valence-corrected chi connectivity index (χ3v) is 6.28. The number of ether oxygens (including phenoxy) is 2. The van der Waals surface area contributed by atoms with Crippen LogP contribution in [0.3, 0.4) is 0 Å². The van der Waals surface area contributed by atoms with Gasteiger partial charge in [0.05, 0.1) is 32.4 Å². The molecule has 1 unspecified atom stereocenters. The van der Waals surface area contributed by atoms with Gasteiger partial charge in [-0.2, -0.15) is 0 Å². The SMILES string of the molecule is CC.CCCC.COC(=O)C1=C(CN2CCOCC2C(=O)O)NC(c2nccs2)=NC1.Fc1cccc(Cl)c1. The summed E-state index contributed by atoms with van der Waals surface area (Å²) in [4.78, 5) is 33.8. The van der Waals surface area contributed by atoms with Crippen molar-refractivity contribution in [1.82, 2.24) is 15.2 Å². The number of amidine groups is 1. The lowest BCUT2D eigenvalue weighted by atomic mass is 10.1. The van der Waals surface area contributed by atoms with E-state index in [4.69, 9.17) is 21.1 Å². The third kappa shape index (κ3) is 11.8. The summed E-state index contributed by atoms with van der Waals surface area (Å²) in [6.07, 6.45) is 4.31. The lowest BCUT2D eigenvalue weighted by Gasteiger charge is -2.34. The molecule has 4 rings (SSSR count). The summed E-state index contributed by atoms with van der Waals surface area (Å²) in [6, 6.07) is 5.06. The Morgan fingerprint density at radius 2 is 2.03 bits per heavy atom. The molecule has 0 aliphatic carbocycles. The number of hydrogen-bond donors (Lipinski definition) is 2. The van der Waals surface area contributed by atoms with Crippen molar-refractivity contribution >= 4 is 40.7 Å². The highest BCUT2D eigenvalue weighted by atomic mass is 35.5. The van der Waals surface area contributed by atoms with E-state index in [1.54, 1.807) is 23.2 Å². The number of methoxy groups -OCH3 is 1. The molecule has 2 aliphatic heterocycles. The van der Waals surface area contributed by atoms with E-state index in [2.05, 4.69) is 29.1 Å². The minimum Gasteiger partial charge on any atom is -0.480 e. The van der Waals surface area contributed by atoms with Gasteiger partial charge in [-0.25, -0.2) is 14.2 Å². The zero-order chi connectivity index (χ0) is 29.2. The Morgan fingerprint density at radius 1 is 1.31 bits per heavy atom. The van der Waals surface area contributed by atoms with E-state index in [1.807, 2.05) is 19.2 Å². The smallest absolute Gasteiger partial charge is 0.337 e. The number of nitrogens with one attached hydrogen (secondary N) is 1. The number of carboxylic acid groups (broad SMARTS) is 1. The lowest BCUT2D eigenvalue weighted by Crippen LogP contribution is -2.52. The minimum atomic E-state index is -0.954. The van der Waals surface area contributed by atoms with Crippen LogP contribution >= 0.6 is 22.9 Å². The maximum absolute atomic E-state index is 12.1. The second-order valence-electron chi connectivity index (χ2n) is 7.92. The van der Waals surface area contributed by atoms with Crippen LogP contribution < -0.4 is 5.32 Å². The molecular formula is C27H38ClFN4O5S. The standard InChI is InChI=1S/C15H18N4O5S.C6H4ClF.C4H10.C2H6/c1-23-15(22)9-6-17-12(13-16-2-5-25-13)18-10(9)7-19-3-4-24-8-11(19)14(20)21;7-5-2-1-3-6(8)4-5;1-3-4-2;1-2/h2,5,11H,3-4,6-8H2,1H3,(H,17,18)(H,20,21);1-4H;3-4H2,1-2H3;1-2H3. The molecule has 0 saturated carbocycles. The second kappa shape index (κ2) is 19.2. The van der Waals surface area contributed by atoms with Crippen molar-refractivity contribution in [2.45, 2.75) is 46.6 Å². The fraction of sp³-hybridized carbons (Fsp3) is 0.481. The van der Waals surface area contributed by atoms with Gasteiger partial charge in [0, 0.05) is 35.4 Å². The number of aromatic nitrogens is 1. The van der Waals surface area contributed by atoms with Gasteiger partial charge < -0.3 is 19.9 Å². The van der Waals surface area contributed by atoms with Crippen molar-refractivity contribution in [2.75, 3.05) is 40.0 Å². The second-order valence-corrected chi connectivity index (χ2v) is 9.25. The fourth-order valence-corrected chi connectivity index (χ4v) is 3.91. The van der Waals surface area contributed by atoms with E-state index in [0.717, 1.165) is 0 Å². The Bertz CT molecular complexity index is 1060. The zero-order valence-corrected chi connectivity index (χ0v) is 24.6. The van der Waals surface area contributed by atoms with Gasteiger partial charge in [0.15, 0.2) is 10.8 Å². The average molecular weight is 585 g/mol. The third-order valence-electron chi connectivity index (χ3n) is 5.27. The number of benzene rings is 1. The first-order valence-electron chi connectivity index (χ1n) is 12.8. The molecule has 39 heavy (non-hydrogen) atoms. The number of esters is 1. The van der Waals surface area contributed by atoms with Gasteiger partial charge in [0.25, 0.3) is 0 Å². The molecule has 216 valence electrons. The summed E-state index contributed by atoms with van der Waals surface area (Å²) < 4.78 is 22.2. The van der Waals surface area contributed by atoms with Crippen LogP contribution in [0.15, 0.2) is 52.1 Å². The molecule has 1 aromatic carbocycles. The maximum Gasteiger partial charge on any atom is 0.337 e. The molecule has 12 heteroatoms. The topological polar surface area (TPSA) is 113 Å². The van der Waals surface area contributed by atoms with Crippen molar-refractivity contribution in [3.05, 3.63) is 63.0 Å². The van der Waals surface area contributed by atoms with Gasteiger partial charge in [0.2, 0.25) is 0 Å². The largest absolute Gasteiger partial charge is 0.480 e. The molecule has 1 saturated heterocycles. The number of thiazole rings is 1. The molecule has 0 bridgehead atoms. The quantitative estimate of drug-likeness (QED) is 0.455. The Hall–Kier alpha value is -2.86. The molecule has 9 nitrogen and oxygen atoms in total. The number of halogens is 2. The van der Waals surface area contributed by atoms with Gasteiger partial charge in [0.1, 0.15) is 11.9 Å². The molecule has 0 spiro atoms.